The number of fused-ring (bicyclic) bond motifs is 1. The Labute approximate surface area is 59.7 Å². The van der Waals surface area contributed by atoms with Gasteiger partial charge in [-0.15, -0.1) is 0 Å². The van der Waals surface area contributed by atoms with Gasteiger partial charge in [-0.05, 0) is 12.1 Å². The van der Waals surface area contributed by atoms with Crippen molar-refractivity contribution >= 4 is 25.3 Å². The van der Waals surface area contributed by atoms with Crippen molar-refractivity contribution < 1.29 is 0 Å². The first-order chi connectivity index (χ1) is 3.47. The van der Waals surface area contributed by atoms with Crippen LogP contribution in [0.5, 0.6) is 0 Å². The largest absolute Gasteiger partial charge is 0.197 e. The molecule has 0 atom stereocenters. The third-order valence-corrected chi connectivity index (χ3v) is 1.98. The first-order valence-electron chi connectivity index (χ1n) is 2.24. The molecule has 0 aromatic heterocycles. The normalized spacial score (nSPS) is 11.5. The van der Waals surface area contributed by atoms with E-state index in [0.29, 0.717) is 0 Å². The quantitative estimate of drug-likeness (QED) is 0.508. The summed E-state index contributed by atoms with van der Waals surface area (Å²) in [5.41, 5.74) is 0. The molecule has 0 radical (unpaired) electrons. The maximum Gasteiger partial charge on any atom is 0.0262 e. The highest BCUT2D eigenvalue weighted by atomic mass is 32.2. The standard InChI is InChI=1S/C6H4S.H2S/c1-2-4-6-5(3-1)7-6;/h1-4H;1H2. The molecule has 0 amide bonds. The van der Waals surface area contributed by atoms with Crippen molar-refractivity contribution in [2.45, 2.75) is 9.79 Å². The molecular weight excluding hydrogens is 136 g/mol. The molecule has 0 spiro atoms. The fourth-order valence-electron chi connectivity index (χ4n) is 0.611. The van der Waals surface area contributed by atoms with Gasteiger partial charge in [-0.1, -0.05) is 23.9 Å². The SMILES string of the molecule is S.c1ccc2c(c1)S2. The summed E-state index contributed by atoms with van der Waals surface area (Å²) < 4.78 is 0. The lowest BCUT2D eigenvalue weighted by Crippen LogP contribution is -1.46. The predicted octanol–water partition coefficient (Wildman–Crippen LogP) is 2.26. The Balaban J connectivity index is 0.000000320. The van der Waals surface area contributed by atoms with Crippen LogP contribution in [0.15, 0.2) is 34.1 Å². The van der Waals surface area contributed by atoms with E-state index in [0.717, 1.165) is 0 Å². The lowest BCUT2D eigenvalue weighted by atomic mass is 10.4. The fraction of sp³-hybridized carbons (Fsp3) is 0. The maximum atomic E-state index is 2.14. The highest BCUT2D eigenvalue weighted by Crippen LogP contribution is 2.47. The molecule has 1 aliphatic heterocycles. The van der Waals surface area contributed by atoms with Gasteiger partial charge in [0, 0.05) is 9.79 Å². The number of hydrogen-bond acceptors (Lipinski definition) is 1. The third-order valence-electron chi connectivity index (χ3n) is 1.03. The van der Waals surface area contributed by atoms with Crippen molar-refractivity contribution in [1.82, 2.24) is 0 Å². The first-order valence-corrected chi connectivity index (χ1v) is 3.05. The molecule has 0 bridgehead atoms. The van der Waals surface area contributed by atoms with Crippen LogP contribution < -0.4 is 0 Å². The number of benzene rings is 1. The Bertz CT molecular complexity index is 174. The lowest BCUT2D eigenvalue weighted by molar-refractivity contribution is 1.38. The van der Waals surface area contributed by atoms with Crippen LogP contribution in [0.2, 0.25) is 0 Å². The number of hydrogen-bond donors (Lipinski definition) is 0. The van der Waals surface area contributed by atoms with Gasteiger partial charge < -0.3 is 0 Å². The van der Waals surface area contributed by atoms with Crippen LogP contribution in [0, 0.1) is 0 Å². The summed E-state index contributed by atoms with van der Waals surface area (Å²) in [7, 11) is 0. The highest BCUT2D eigenvalue weighted by Gasteiger charge is 2.14. The Hall–Kier alpha value is -0.0800. The van der Waals surface area contributed by atoms with E-state index in [2.05, 4.69) is 24.3 Å². The van der Waals surface area contributed by atoms with Crippen molar-refractivity contribution in [2.75, 3.05) is 0 Å². The molecule has 8 heavy (non-hydrogen) atoms. The molecule has 2 heteroatoms. The van der Waals surface area contributed by atoms with Crippen molar-refractivity contribution in [1.29, 1.82) is 0 Å². The molecular formula is C6H6S2. The van der Waals surface area contributed by atoms with Gasteiger partial charge >= 0.3 is 0 Å². The molecule has 1 heterocycles. The van der Waals surface area contributed by atoms with E-state index >= 15 is 0 Å². The van der Waals surface area contributed by atoms with Crippen LogP contribution in [-0.4, -0.2) is 0 Å². The molecule has 0 aliphatic carbocycles. The van der Waals surface area contributed by atoms with Crippen LogP contribution in [0.3, 0.4) is 0 Å². The minimum absolute atomic E-state index is 0. The summed E-state index contributed by atoms with van der Waals surface area (Å²) >= 11 is 1.86. The Kier molecular flexibility index (Phi) is 1.54. The van der Waals surface area contributed by atoms with Crippen LogP contribution in [0.4, 0.5) is 0 Å². The summed E-state index contributed by atoms with van der Waals surface area (Å²) in [6, 6.07) is 8.41. The summed E-state index contributed by atoms with van der Waals surface area (Å²) in [5, 5.41) is 0. The molecule has 1 aromatic carbocycles. The molecule has 0 fully saturated rings. The van der Waals surface area contributed by atoms with Crippen LogP contribution in [-0.2, 0) is 0 Å². The minimum atomic E-state index is 0. The highest BCUT2D eigenvalue weighted by molar-refractivity contribution is 8.04. The van der Waals surface area contributed by atoms with Crippen molar-refractivity contribution in [2.24, 2.45) is 0 Å². The van der Waals surface area contributed by atoms with Gasteiger partial charge in [0.2, 0.25) is 0 Å². The molecule has 42 valence electrons. The van der Waals surface area contributed by atoms with E-state index in [4.69, 9.17) is 0 Å². The molecule has 0 N–H and O–H groups in total. The van der Waals surface area contributed by atoms with Gasteiger partial charge in [-0.2, -0.15) is 13.5 Å². The zero-order valence-corrected chi connectivity index (χ0v) is 6.03. The summed E-state index contributed by atoms with van der Waals surface area (Å²) in [6.45, 7) is 0. The van der Waals surface area contributed by atoms with Crippen LogP contribution in [0.1, 0.15) is 0 Å². The van der Waals surface area contributed by atoms with Gasteiger partial charge in [0.1, 0.15) is 0 Å². The van der Waals surface area contributed by atoms with Crippen LogP contribution in [0.25, 0.3) is 0 Å². The van der Waals surface area contributed by atoms with Crippen LogP contribution >= 0.6 is 25.3 Å². The molecule has 0 saturated heterocycles. The second kappa shape index (κ2) is 2.03. The zero-order valence-electron chi connectivity index (χ0n) is 4.22. The topological polar surface area (TPSA) is 0 Å². The zero-order chi connectivity index (χ0) is 4.69. The second-order valence-electron chi connectivity index (χ2n) is 1.55. The number of rotatable bonds is 0. The Morgan fingerprint density at radius 1 is 1.00 bits per heavy atom. The van der Waals surface area contributed by atoms with E-state index in [9.17, 15) is 0 Å². The van der Waals surface area contributed by atoms with E-state index in [1.54, 1.807) is 0 Å². The summed E-state index contributed by atoms with van der Waals surface area (Å²) in [4.78, 5) is 2.89. The fourth-order valence-corrected chi connectivity index (χ4v) is 1.23. The van der Waals surface area contributed by atoms with Crippen molar-refractivity contribution in [3.05, 3.63) is 24.3 Å². The van der Waals surface area contributed by atoms with E-state index in [1.165, 1.54) is 9.79 Å². The third kappa shape index (κ3) is 0.858. The van der Waals surface area contributed by atoms with E-state index < -0.39 is 0 Å². The molecule has 0 nitrogen and oxygen atoms in total. The average molecular weight is 142 g/mol. The van der Waals surface area contributed by atoms with Gasteiger partial charge in [0.05, 0.1) is 0 Å². The maximum absolute atomic E-state index is 2.14. The van der Waals surface area contributed by atoms with E-state index in [1.807, 2.05) is 11.8 Å². The van der Waals surface area contributed by atoms with Gasteiger partial charge in [-0.3, -0.25) is 0 Å². The molecule has 1 aromatic rings. The van der Waals surface area contributed by atoms with Crippen molar-refractivity contribution in [3.8, 4) is 0 Å². The van der Waals surface area contributed by atoms with Gasteiger partial charge in [0.25, 0.3) is 0 Å². The molecule has 1 aliphatic rings. The lowest BCUT2D eigenvalue weighted by Gasteiger charge is -1.66. The predicted molar refractivity (Wildman–Crippen MR) is 40.9 cm³/mol. The Morgan fingerprint density at radius 3 is 1.88 bits per heavy atom. The van der Waals surface area contributed by atoms with E-state index in [-0.39, 0.29) is 13.5 Å². The minimum Gasteiger partial charge on any atom is -0.197 e. The second-order valence-corrected chi connectivity index (χ2v) is 2.63. The molecule has 0 unspecified atom stereocenters. The average Bonchev–Trinajstić information content (AvgIpc) is 2.41. The summed E-state index contributed by atoms with van der Waals surface area (Å²) in [5.74, 6) is 0. The smallest absolute Gasteiger partial charge is 0.0262 e. The Morgan fingerprint density at radius 2 is 1.50 bits per heavy atom. The van der Waals surface area contributed by atoms with Crippen molar-refractivity contribution in [3.63, 3.8) is 0 Å². The van der Waals surface area contributed by atoms with Gasteiger partial charge in [0.15, 0.2) is 0 Å². The summed E-state index contributed by atoms with van der Waals surface area (Å²) in [6.07, 6.45) is 0. The first kappa shape index (κ1) is 6.05. The van der Waals surface area contributed by atoms with Gasteiger partial charge in [-0.25, -0.2) is 0 Å². The molecule has 0 saturated carbocycles. The monoisotopic (exact) mass is 142 g/mol. The molecule has 2 rings (SSSR count).